The minimum Gasteiger partial charge on any atom is -0.462 e. The Labute approximate surface area is 264 Å². The number of fused-ring (bicyclic) bond motifs is 3. The maximum Gasteiger partial charge on any atom is 0.416 e. The lowest BCUT2D eigenvalue weighted by molar-refractivity contribution is -0.148. The van der Waals surface area contributed by atoms with Crippen LogP contribution in [0.2, 0.25) is 5.02 Å². The van der Waals surface area contributed by atoms with Crippen LogP contribution in [0.1, 0.15) is 37.5 Å². The summed E-state index contributed by atoms with van der Waals surface area (Å²) in [7, 11) is -4.48. The Kier molecular flexibility index (Phi) is 9.21. The molecule has 2 heterocycles. The number of carbonyl (C=O) groups is 1. The zero-order valence-corrected chi connectivity index (χ0v) is 26.4. The van der Waals surface area contributed by atoms with E-state index in [1.54, 1.807) is 51.1 Å². The van der Waals surface area contributed by atoms with Crippen molar-refractivity contribution in [3.05, 3.63) is 88.2 Å². The van der Waals surface area contributed by atoms with Gasteiger partial charge in [0, 0.05) is 25.2 Å². The zero-order chi connectivity index (χ0) is 32.7. The smallest absolute Gasteiger partial charge is 0.416 e. The third kappa shape index (κ3) is 6.97. The second kappa shape index (κ2) is 12.6. The van der Waals surface area contributed by atoms with Gasteiger partial charge in [-0.3, -0.25) is 14.0 Å². The lowest BCUT2D eigenvalue weighted by Crippen LogP contribution is -2.61. The summed E-state index contributed by atoms with van der Waals surface area (Å²) in [5.41, 5.74) is 1.02. The van der Waals surface area contributed by atoms with Gasteiger partial charge >= 0.3 is 12.1 Å². The van der Waals surface area contributed by atoms with Crippen molar-refractivity contribution in [1.29, 1.82) is 0 Å². The van der Waals surface area contributed by atoms with Crippen LogP contribution in [0.25, 0.3) is 11.6 Å². The van der Waals surface area contributed by atoms with Crippen molar-refractivity contribution in [3.8, 4) is 0 Å². The molecule has 0 aliphatic carbocycles. The van der Waals surface area contributed by atoms with E-state index in [-0.39, 0.29) is 35.5 Å². The Bertz CT molecular complexity index is 1730. The number of hydrogen-bond donors (Lipinski definition) is 0. The van der Waals surface area contributed by atoms with E-state index in [0.29, 0.717) is 42.5 Å². The fourth-order valence-electron chi connectivity index (χ4n) is 5.77. The van der Waals surface area contributed by atoms with Gasteiger partial charge in [-0.2, -0.15) is 13.2 Å². The fraction of sp³-hybridized carbons (Fsp3) is 0.344. The van der Waals surface area contributed by atoms with Crippen LogP contribution in [0, 0.1) is 5.82 Å². The van der Waals surface area contributed by atoms with E-state index in [0.717, 1.165) is 22.5 Å². The lowest BCUT2D eigenvalue weighted by atomic mass is 10.0. The third-order valence-electron chi connectivity index (χ3n) is 7.73. The summed E-state index contributed by atoms with van der Waals surface area (Å²) in [6, 6.07) is 12.7. The molecule has 0 aromatic heterocycles. The molecule has 1 saturated heterocycles. The molecule has 0 unspecified atom stereocenters. The Morgan fingerprint density at radius 3 is 2.47 bits per heavy atom. The van der Waals surface area contributed by atoms with Gasteiger partial charge in [0.05, 0.1) is 52.1 Å². The van der Waals surface area contributed by atoms with E-state index >= 15 is 0 Å². The normalized spacial score (nSPS) is 17.7. The Morgan fingerprint density at radius 1 is 1.04 bits per heavy atom. The molecule has 3 aromatic carbocycles. The van der Waals surface area contributed by atoms with Crippen LogP contribution in [0.5, 0.6) is 0 Å². The van der Waals surface area contributed by atoms with Crippen molar-refractivity contribution in [2.24, 2.45) is 0 Å². The average Bonchev–Trinajstić information content (AvgIpc) is 2.95. The molecular formula is C32H32ClF4N3O4S. The monoisotopic (exact) mass is 665 g/mol. The molecule has 7 nitrogen and oxygen atoms in total. The number of piperazine rings is 1. The lowest BCUT2D eigenvalue weighted by Gasteiger charge is -2.49. The highest BCUT2D eigenvalue weighted by Gasteiger charge is 2.41. The topological polar surface area (TPSA) is 70.2 Å². The first-order chi connectivity index (χ1) is 21.1. The Morgan fingerprint density at radius 2 is 1.78 bits per heavy atom. The second-order valence-corrected chi connectivity index (χ2v) is 13.6. The first kappa shape index (κ1) is 32.8. The maximum atomic E-state index is 14.6. The van der Waals surface area contributed by atoms with Crippen LogP contribution in [-0.2, 0) is 25.7 Å². The molecule has 0 saturated carbocycles. The fourth-order valence-corrected chi connectivity index (χ4v) is 7.63. The summed E-state index contributed by atoms with van der Waals surface area (Å²) >= 11 is 6.26. The van der Waals surface area contributed by atoms with Crippen molar-refractivity contribution < 1.29 is 35.5 Å². The molecule has 0 bridgehead atoms. The van der Waals surface area contributed by atoms with Gasteiger partial charge in [0.15, 0.2) is 0 Å². The van der Waals surface area contributed by atoms with Crippen LogP contribution >= 0.6 is 11.6 Å². The number of halogens is 5. The number of rotatable bonds is 7. The Hall–Kier alpha value is -3.61. The molecule has 2 aliphatic heterocycles. The van der Waals surface area contributed by atoms with Gasteiger partial charge in [-0.25, -0.2) is 12.8 Å². The molecule has 0 spiro atoms. The summed E-state index contributed by atoms with van der Waals surface area (Å²) in [5, 5.41) is 0.216. The molecule has 0 N–H and O–H groups in total. The number of sulfonamides is 1. The number of hydrogen-bond acceptors (Lipinski definition) is 6. The summed E-state index contributed by atoms with van der Waals surface area (Å²) in [6.07, 6.45) is -3.35. The van der Waals surface area contributed by atoms with E-state index in [2.05, 4.69) is 0 Å². The minimum absolute atomic E-state index is 0.0252. The predicted molar refractivity (Wildman–Crippen MR) is 166 cm³/mol. The predicted octanol–water partition coefficient (Wildman–Crippen LogP) is 6.71. The first-order valence-electron chi connectivity index (χ1n) is 14.3. The molecule has 13 heteroatoms. The molecule has 3 aromatic rings. The molecule has 0 amide bonds. The third-order valence-corrected chi connectivity index (χ3v) is 9.82. The second-order valence-electron chi connectivity index (χ2n) is 11.4. The highest BCUT2D eigenvalue weighted by molar-refractivity contribution is 7.92. The van der Waals surface area contributed by atoms with Crippen molar-refractivity contribution in [2.45, 2.75) is 44.0 Å². The standard InChI is InChI=1S/C32H32ClF4N3O4S/c1-20(2)44-30(41)19-38-12-13-39-24(17-38)18-40(45(42,43)25-7-4-6-23(16-25)32(35,36)37)29-15-22(10-11-28(29)39)14-21(3)31-26(33)8-5-9-27(31)34/h4-11,14-16,20,24H,12-13,17-19H2,1-3H3/b21-14+/t24-/m0/s1. The summed E-state index contributed by atoms with van der Waals surface area (Å²) in [4.78, 5) is 15.8. The minimum atomic E-state index is -4.74. The van der Waals surface area contributed by atoms with Gasteiger partial charge < -0.3 is 9.64 Å². The van der Waals surface area contributed by atoms with E-state index in [4.69, 9.17) is 16.3 Å². The van der Waals surface area contributed by atoms with Gasteiger partial charge in [-0.15, -0.1) is 0 Å². The molecule has 2 aliphatic rings. The van der Waals surface area contributed by atoms with Crippen LogP contribution in [0.3, 0.4) is 0 Å². The van der Waals surface area contributed by atoms with Gasteiger partial charge in [0.2, 0.25) is 0 Å². The molecule has 1 fully saturated rings. The highest BCUT2D eigenvalue weighted by atomic mass is 35.5. The van der Waals surface area contributed by atoms with Crippen molar-refractivity contribution in [3.63, 3.8) is 0 Å². The number of benzene rings is 3. The maximum absolute atomic E-state index is 14.6. The van der Waals surface area contributed by atoms with Crippen LogP contribution in [-0.4, -0.2) is 64.2 Å². The SMILES string of the molecule is C/C(=C\c1ccc2c(c1)N(S(=O)(=O)c1cccc(C(F)(F)F)c1)C[C@@H]1CN(CC(=O)OC(C)C)CCN21)c1c(F)cccc1Cl. The number of nitrogens with zero attached hydrogens (tertiary/aromatic N) is 3. The zero-order valence-electron chi connectivity index (χ0n) is 24.8. The molecular weight excluding hydrogens is 634 g/mol. The highest BCUT2D eigenvalue weighted by Crippen LogP contribution is 2.42. The van der Waals surface area contributed by atoms with Gasteiger partial charge in [-0.1, -0.05) is 35.9 Å². The van der Waals surface area contributed by atoms with E-state index in [1.165, 1.54) is 12.1 Å². The average molecular weight is 666 g/mol. The number of alkyl halides is 3. The van der Waals surface area contributed by atoms with E-state index in [1.807, 2.05) is 9.80 Å². The van der Waals surface area contributed by atoms with Crippen molar-refractivity contribution in [1.82, 2.24) is 4.90 Å². The van der Waals surface area contributed by atoms with Crippen molar-refractivity contribution >= 4 is 50.6 Å². The van der Waals surface area contributed by atoms with Gasteiger partial charge in [0.25, 0.3) is 10.0 Å². The summed E-state index contributed by atoms with van der Waals surface area (Å²) in [5.74, 6) is -0.911. The summed E-state index contributed by atoms with van der Waals surface area (Å²) in [6.45, 7) is 6.44. The molecule has 1 atom stereocenters. The van der Waals surface area contributed by atoms with Crippen molar-refractivity contribution in [2.75, 3.05) is 41.9 Å². The molecule has 45 heavy (non-hydrogen) atoms. The Balaban J connectivity index is 1.56. The number of anilines is 2. The van der Waals surface area contributed by atoms with E-state index in [9.17, 15) is 30.8 Å². The number of ether oxygens (including phenoxy) is 1. The van der Waals surface area contributed by atoms with Crippen LogP contribution < -0.4 is 9.21 Å². The van der Waals surface area contributed by atoms with Crippen LogP contribution in [0.15, 0.2) is 65.6 Å². The molecule has 0 radical (unpaired) electrons. The first-order valence-corrected chi connectivity index (χ1v) is 16.1. The molecule has 240 valence electrons. The van der Waals surface area contributed by atoms with Gasteiger partial charge in [-0.05, 0) is 74.4 Å². The number of esters is 1. The largest absolute Gasteiger partial charge is 0.462 e. The number of allylic oxidation sites excluding steroid dienone is 1. The van der Waals surface area contributed by atoms with Gasteiger partial charge in [0.1, 0.15) is 5.82 Å². The quantitative estimate of drug-likeness (QED) is 0.159. The summed E-state index contributed by atoms with van der Waals surface area (Å²) < 4.78 is 89.9. The number of carbonyl (C=O) groups excluding carboxylic acids is 1. The van der Waals surface area contributed by atoms with Crippen LogP contribution in [0.4, 0.5) is 28.9 Å². The molecule has 5 rings (SSSR count). The van der Waals surface area contributed by atoms with E-state index < -0.39 is 44.5 Å².